The van der Waals surface area contributed by atoms with Crippen LogP contribution in [-0.4, -0.2) is 37.1 Å². The molecule has 0 aromatic heterocycles. The molecular weight excluding hydrogens is 301 g/mol. The molecule has 1 rings (SSSR count). The molecule has 20 heavy (non-hydrogen) atoms. The number of aliphatic hydroxyl groups is 1. The van der Waals surface area contributed by atoms with Gasteiger partial charge in [-0.1, -0.05) is 11.6 Å². The number of nitrogens with one attached hydrogen (secondary N) is 2. The number of alkyl halides is 3. The number of hydrogen-bond acceptors (Lipinski definition) is 3. The van der Waals surface area contributed by atoms with E-state index in [4.69, 9.17) is 16.7 Å². The van der Waals surface area contributed by atoms with Crippen LogP contribution in [0.5, 0.6) is 5.75 Å². The van der Waals surface area contributed by atoms with Crippen LogP contribution in [0.15, 0.2) is 18.2 Å². The molecule has 9 heteroatoms. The molecule has 0 atom stereocenters. The lowest BCUT2D eigenvalue weighted by atomic mass is 10.3. The van der Waals surface area contributed by atoms with Crippen LogP contribution < -0.4 is 15.4 Å². The second-order valence-electron chi connectivity index (χ2n) is 3.65. The SMILES string of the molecule is O=C(NCCO)Nc1cc(Cl)ccc1OCC(F)(F)F. The normalized spacial score (nSPS) is 11.1. The summed E-state index contributed by atoms with van der Waals surface area (Å²) in [6.45, 7) is -1.74. The van der Waals surface area contributed by atoms with Crippen molar-refractivity contribution in [2.75, 3.05) is 25.1 Å². The van der Waals surface area contributed by atoms with Gasteiger partial charge in [-0.3, -0.25) is 0 Å². The summed E-state index contributed by atoms with van der Waals surface area (Å²) in [5, 5.41) is 13.3. The first-order chi connectivity index (χ1) is 9.31. The number of carbonyl (C=O) groups is 1. The third kappa shape index (κ3) is 5.98. The number of ether oxygens (including phenoxy) is 1. The zero-order valence-electron chi connectivity index (χ0n) is 10.1. The minimum atomic E-state index is -4.49. The molecule has 0 fully saturated rings. The molecule has 0 aliphatic rings. The van der Waals surface area contributed by atoms with Crippen molar-refractivity contribution in [1.29, 1.82) is 0 Å². The zero-order valence-corrected chi connectivity index (χ0v) is 10.9. The van der Waals surface area contributed by atoms with E-state index in [2.05, 4.69) is 15.4 Å². The average molecular weight is 313 g/mol. The predicted octanol–water partition coefficient (Wildman–Crippen LogP) is 2.39. The number of aliphatic hydroxyl groups excluding tert-OH is 1. The van der Waals surface area contributed by atoms with Crippen molar-refractivity contribution in [3.05, 3.63) is 23.2 Å². The molecule has 5 nitrogen and oxygen atoms in total. The van der Waals surface area contributed by atoms with Crippen molar-refractivity contribution >= 4 is 23.3 Å². The lowest BCUT2D eigenvalue weighted by Crippen LogP contribution is -2.31. The number of rotatable bonds is 5. The number of hydrogen-bond donors (Lipinski definition) is 3. The fourth-order valence-corrected chi connectivity index (χ4v) is 1.39. The van der Waals surface area contributed by atoms with Gasteiger partial charge in [0.15, 0.2) is 6.61 Å². The third-order valence-electron chi connectivity index (χ3n) is 1.98. The lowest BCUT2D eigenvalue weighted by molar-refractivity contribution is -0.153. The van der Waals surface area contributed by atoms with E-state index in [0.29, 0.717) is 0 Å². The van der Waals surface area contributed by atoms with Gasteiger partial charge in [-0.2, -0.15) is 13.2 Å². The van der Waals surface area contributed by atoms with Crippen molar-refractivity contribution in [3.63, 3.8) is 0 Å². The van der Waals surface area contributed by atoms with Crippen molar-refractivity contribution in [1.82, 2.24) is 5.32 Å². The quantitative estimate of drug-likeness (QED) is 0.782. The molecule has 0 radical (unpaired) electrons. The maximum atomic E-state index is 12.1. The van der Waals surface area contributed by atoms with Crippen LogP contribution in [0.3, 0.4) is 0 Å². The van der Waals surface area contributed by atoms with Gasteiger partial charge in [0, 0.05) is 11.6 Å². The van der Waals surface area contributed by atoms with Crippen molar-refractivity contribution in [3.8, 4) is 5.75 Å². The average Bonchev–Trinajstić information content (AvgIpc) is 2.34. The molecule has 0 bridgehead atoms. The number of halogens is 4. The van der Waals surface area contributed by atoms with Gasteiger partial charge in [0.2, 0.25) is 0 Å². The van der Waals surface area contributed by atoms with E-state index in [9.17, 15) is 18.0 Å². The Balaban J connectivity index is 2.77. The molecule has 0 saturated carbocycles. The van der Waals surface area contributed by atoms with Gasteiger partial charge < -0.3 is 20.5 Å². The summed E-state index contributed by atoms with van der Waals surface area (Å²) < 4.78 is 40.9. The van der Waals surface area contributed by atoms with Crippen LogP contribution in [0.25, 0.3) is 0 Å². The van der Waals surface area contributed by atoms with E-state index >= 15 is 0 Å². The number of benzene rings is 1. The van der Waals surface area contributed by atoms with Gasteiger partial charge in [-0.25, -0.2) is 4.79 Å². The van der Waals surface area contributed by atoms with E-state index in [-0.39, 0.29) is 29.6 Å². The van der Waals surface area contributed by atoms with Crippen LogP contribution in [-0.2, 0) is 0 Å². The summed E-state index contributed by atoms with van der Waals surface area (Å²) in [4.78, 5) is 11.4. The Morgan fingerprint density at radius 1 is 1.40 bits per heavy atom. The Bertz CT molecular complexity index is 469. The first kappa shape index (κ1) is 16.4. The molecule has 0 heterocycles. The predicted molar refractivity (Wildman–Crippen MR) is 67.1 cm³/mol. The van der Waals surface area contributed by atoms with E-state index in [0.717, 1.165) is 0 Å². The Hall–Kier alpha value is -1.67. The monoisotopic (exact) mass is 312 g/mol. The zero-order chi connectivity index (χ0) is 15.2. The molecule has 0 aliphatic carbocycles. The van der Waals surface area contributed by atoms with Crippen LogP contribution in [0, 0.1) is 0 Å². The van der Waals surface area contributed by atoms with E-state index in [1.807, 2.05) is 0 Å². The highest BCUT2D eigenvalue weighted by Gasteiger charge is 2.29. The summed E-state index contributed by atoms with van der Waals surface area (Å²) in [6.07, 6.45) is -4.49. The summed E-state index contributed by atoms with van der Waals surface area (Å²) in [6, 6.07) is 3.11. The van der Waals surface area contributed by atoms with Gasteiger partial charge in [-0.15, -0.1) is 0 Å². The lowest BCUT2D eigenvalue weighted by Gasteiger charge is -2.14. The maximum Gasteiger partial charge on any atom is 0.422 e. The smallest absolute Gasteiger partial charge is 0.422 e. The molecule has 1 aromatic rings. The molecule has 2 amide bonds. The minimum Gasteiger partial charge on any atom is -0.482 e. The molecule has 1 aromatic carbocycles. The summed E-state index contributed by atoms with van der Waals surface area (Å²) in [7, 11) is 0. The second kappa shape index (κ2) is 7.20. The number of amides is 2. The molecular formula is C11H12ClF3N2O3. The van der Waals surface area contributed by atoms with E-state index in [1.165, 1.54) is 18.2 Å². The highest BCUT2D eigenvalue weighted by atomic mass is 35.5. The van der Waals surface area contributed by atoms with E-state index in [1.54, 1.807) is 0 Å². The number of urea groups is 1. The van der Waals surface area contributed by atoms with Crippen LogP contribution in [0.2, 0.25) is 5.02 Å². The summed E-state index contributed by atoms with van der Waals surface area (Å²) >= 11 is 5.71. The van der Waals surface area contributed by atoms with Gasteiger partial charge in [0.05, 0.1) is 12.3 Å². The molecule has 112 valence electrons. The third-order valence-corrected chi connectivity index (χ3v) is 2.21. The Morgan fingerprint density at radius 2 is 2.10 bits per heavy atom. The fourth-order valence-electron chi connectivity index (χ4n) is 1.22. The maximum absolute atomic E-state index is 12.1. The van der Waals surface area contributed by atoms with Gasteiger partial charge in [0.1, 0.15) is 5.75 Å². The number of anilines is 1. The van der Waals surface area contributed by atoms with Crippen molar-refractivity contribution < 1.29 is 27.8 Å². The van der Waals surface area contributed by atoms with Gasteiger partial charge in [0.25, 0.3) is 0 Å². The Morgan fingerprint density at radius 3 is 2.70 bits per heavy atom. The first-order valence-corrected chi connectivity index (χ1v) is 5.84. The topological polar surface area (TPSA) is 70.6 Å². The summed E-state index contributed by atoms with van der Waals surface area (Å²) in [5.74, 6) is -0.161. The highest BCUT2D eigenvalue weighted by molar-refractivity contribution is 6.31. The van der Waals surface area contributed by atoms with Crippen LogP contribution >= 0.6 is 11.6 Å². The fraction of sp³-hybridized carbons (Fsp3) is 0.364. The molecule has 0 saturated heterocycles. The minimum absolute atomic E-state index is 0.00260. The van der Waals surface area contributed by atoms with Crippen molar-refractivity contribution in [2.24, 2.45) is 0 Å². The van der Waals surface area contributed by atoms with Crippen LogP contribution in [0.4, 0.5) is 23.7 Å². The van der Waals surface area contributed by atoms with Gasteiger partial charge in [-0.05, 0) is 18.2 Å². The Labute approximate surface area is 117 Å². The van der Waals surface area contributed by atoms with E-state index < -0.39 is 18.8 Å². The second-order valence-corrected chi connectivity index (χ2v) is 4.09. The van der Waals surface area contributed by atoms with Crippen molar-refractivity contribution in [2.45, 2.75) is 6.18 Å². The molecule has 0 unspecified atom stereocenters. The van der Waals surface area contributed by atoms with Crippen LogP contribution in [0.1, 0.15) is 0 Å². The molecule has 0 spiro atoms. The summed E-state index contributed by atoms with van der Waals surface area (Å²) in [5.41, 5.74) is -0.00260. The molecule has 3 N–H and O–H groups in total. The molecule has 0 aliphatic heterocycles. The van der Waals surface area contributed by atoms with Gasteiger partial charge >= 0.3 is 12.2 Å². The Kier molecular flexibility index (Phi) is 5.90. The number of carbonyl (C=O) groups excluding carboxylic acids is 1. The largest absolute Gasteiger partial charge is 0.482 e. The standard InChI is InChI=1S/C11H12ClF3N2O3/c12-7-1-2-9(20-6-11(13,14)15)8(5-7)17-10(19)16-3-4-18/h1-2,5,18H,3-4,6H2,(H2,16,17,19). The first-order valence-electron chi connectivity index (χ1n) is 5.46. The highest BCUT2D eigenvalue weighted by Crippen LogP contribution is 2.29.